The lowest BCUT2D eigenvalue weighted by atomic mass is 9.92. The van der Waals surface area contributed by atoms with E-state index in [2.05, 4.69) is 5.32 Å². The van der Waals surface area contributed by atoms with Crippen LogP contribution in [-0.2, 0) is 11.2 Å². The first-order valence-electron chi connectivity index (χ1n) is 6.90. The second kappa shape index (κ2) is 6.86. The Kier molecular flexibility index (Phi) is 5.14. The van der Waals surface area contributed by atoms with Crippen molar-refractivity contribution in [2.45, 2.75) is 44.2 Å². The molecular weight excluding hydrogens is 229 g/mol. The zero-order valence-electron chi connectivity index (χ0n) is 11.1. The summed E-state index contributed by atoms with van der Waals surface area (Å²) in [5, 5.41) is 2.37. The number of hydrogen-bond acceptors (Lipinski definition) is 1. The number of methoxy groups -OCH3 is 1. The van der Waals surface area contributed by atoms with E-state index in [9.17, 15) is 4.39 Å². The lowest BCUT2D eigenvalue weighted by molar-refractivity contribution is -0.698. The van der Waals surface area contributed by atoms with E-state index >= 15 is 0 Å². The molecule has 0 saturated heterocycles. The molecule has 2 N–H and O–H groups in total. The summed E-state index contributed by atoms with van der Waals surface area (Å²) < 4.78 is 18.6. The summed E-state index contributed by atoms with van der Waals surface area (Å²) in [6, 6.07) is 7.48. The van der Waals surface area contributed by atoms with Gasteiger partial charge in [0.05, 0.1) is 6.54 Å². The molecular formula is C15H23FNO+. The molecule has 0 radical (unpaired) electrons. The minimum Gasteiger partial charge on any atom is -0.375 e. The van der Waals surface area contributed by atoms with Gasteiger partial charge in [-0.05, 0) is 30.5 Å². The van der Waals surface area contributed by atoms with E-state index in [1.54, 1.807) is 12.1 Å². The van der Waals surface area contributed by atoms with Gasteiger partial charge < -0.3 is 10.1 Å². The Morgan fingerprint density at radius 1 is 1.33 bits per heavy atom. The van der Waals surface area contributed by atoms with Gasteiger partial charge in [-0.3, -0.25) is 0 Å². The molecule has 0 unspecified atom stereocenters. The molecule has 0 aliphatic heterocycles. The van der Waals surface area contributed by atoms with Crippen molar-refractivity contribution in [2.75, 3.05) is 13.7 Å². The van der Waals surface area contributed by atoms with Gasteiger partial charge in [0.25, 0.3) is 0 Å². The third-order valence-corrected chi connectivity index (χ3v) is 3.85. The first kappa shape index (κ1) is 13.5. The van der Waals surface area contributed by atoms with E-state index in [0.29, 0.717) is 12.1 Å². The lowest BCUT2D eigenvalue weighted by Gasteiger charge is -2.28. The van der Waals surface area contributed by atoms with E-state index in [4.69, 9.17) is 4.74 Å². The number of halogens is 1. The Balaban J connectivity index is 1.77. The first-order chi connectivity index (χ1) is 8.79. The molecule has 1 aromatic rings. The van der Waals surface area contributed by atoms with E-state index in [0.717, 1.165) is 18.5 Å². The highest BCUT2D eigenvalue weighted by Gasteiger charge is 2.27. The fourth-order valence-corrected chi connectivity index (χ4v) is 2.84. The van der Waals surface area contributed by atoms with Crippen LogP contribution in [0.2, 0.25) is 0 Å². The minimum absolute atomic E-state index is 0.139. The van der Waals surface area contributed by atoms with Gasteiger partial charge >= 0.3 is 0 Å². The summed E-state index contributed by atoms with van der Waals surface area (Å²) in [4.78, 5) is 0. The zero-order valence-corrected chi connectivity index (χ0v) is 11.1. The second-order valence-corrected chi connectivity index (χ2v) is 5.13. The average Bonchev–Trinajstić information content (AvgIpc) is 2.39. The van der Waals surface area contributed by atoms with Crippen LogP contribution in [0.15, 0.2) is 24.3 Å². The number of rotatable bonds is 5. The molecule has 3 heteroatoms. The maximum absolute atomic E-state index is 13.0. The SMILES string of the molecule is CO[C@@H]1CCCC[C@H]1[NH2+]CCc1cccc(F)c1. The van der Waals surface area contributed by atoms with Crippen molar-refractivity contribution in [2.24, 2.45) is 0 Å². The van der Waals surface area contributed by atoms with Gasteiger partial charge in [0.2, 0.25) is 0 Å². The summed E-state index contributed by atoms with van der Waals surface area (Å²) in [7, 11) is 1.81. The summed E-state index contributed by atoms with van der Waals surface area (Å²) in [6.07, 6.45) is 6.32. The third kappa shape index (κ3) is 3.79. The van der Waals surface area contributed by atoms with Crippen molar-refractivity contribution in [1.29, 1.82) is 0 Å². The number of hydrogen-bond donors (Lipinski definition) is 1. The van der Waals surface area contributed by atoms with Crippen LogP contribution in [0, 0.1) is 5.82 Å². The Hall–Kier alpha value is -0.930. The fraction of sp³-hybridized carbons (Fsp3) is 0.600. The van der Waals surface area contributed by atoms with Crippen LogP contribution in [0.1, 0.15) is 31.2 Å². The van der Waals surface area contributed by atoms with Gasteiger partial charge in [0.15, 0.2) is 0 Å². The quantitative estimate of drug-likeness (QED) is 0.851. The number of benzene rings is 1. The first-order valence-corrected chi connectivity index (χ1v) is 6.90. The van der Waals surface area contributed by atoms with E-state index in [1.807, 2.05) is 13.2 Å². The zero-order chi connectivity index (χ0) is 12.8. The third-order valence-electron chi connectivity index (χ3n) is 3.85. The molecule has 0 amide bonds. The van der Waals surface area contributed by atoms with Crippen molar-refractivity contribution in [3.63, 3.8) is 0 Å². The molecule has 0 spiro atoms. The summed E-state index contributed by atoms with van der Waals surface area (Å²) in [6.45, 7) is 1.01. The van der Waals surface area contributed by atoms with Crippen molar-refractivity contribution < 1.29 is 14.4 Å². The van der Waals surface area contributed by atoms with Crippen molar-refractivity contribution >= 4 is 0 Å². The Labute approximate surface area is 109 Å². The van der Waals surface area contributed by atoms with Crippen LogP contribution in [-0.4, -0.2) is 25.8 Å². The topological polar surface area (TPSA) is 25.8 Å². The highest BCUT2D eigenvalue weighted by molar-refractivity contribution is 5.16. The maximum atomic E-state index is 13.0. The second-order valence-electron chi connectivity index (χ2n) is 5.13. The number of ether oxygens (including phenoxy) is 1. The lowest BCUT2D eigenvalue weighted by Crippen LogP contribution is -2.93. The molecule has 2 nitrogen and oxygen atoms in total. The number of quaternary nitrogens is 1. The summed E-state index contributed by atoms with van der Waals surface area (Å²) in [5.74, 6) is -0.139. The molecule has 2 rings (SSSR count). The van der Waals surface area contributed by atoms with E-state index in [1.165, 1.54) is 31.7 Å². The van der Waals surface area contributed by atoms with Crippen molar-refractivity contribution in [1.82, 2.24) is 0 Å². The summed E-state index contributed by atoms with van der Waals surface area (Å²) >= 11 is 0. The van der Waals surface area contributed by atoms with Gasteiger partial charge in [0, 0.05) is 20.0 Å². The molecule has 1 aliphatic rings. The van der Waals surface area contributed by atoms with Gasteiger partial charge in [0.1, 0.15) is 18.0 Å². The molecule has 1 fully saturated rings. The largest absolute Gasteiger partial charge is 0.375 e. The Bertz CT molecular complexity index is 369. The maximum Gasteiger partial charge on any atom is 0.123 e. The molecule has 0 heterocycles. The number of nitrogens with two attached hydrogens (primary N) is 1. The molecule has 1 aliphatic carbocycles. The predicted molar refractivity (Wildman–Crippen MR) is 69.9 cm³/mol. The molecule has 0 aromatic heterocycles. The molecule has 18 heavy (non-hydrogen) atoms. The Morgan fingerprint density at radius 3 is 2.94 bits per heavy atom. The van der Waals surface area contributed by atoms with Gasteiger partial charge in [-0.1, -0.05) is 18.6 Å². The van der Waals surface area contributed by atoms with E-state index in [-0.39, 0.29) is 5.82 Å². The van der Waals surface area contributed by atoms with Crippen molar-refractivity contribution in [3.05, 3.63) is 35.6 Å². The summed E-state index contributed by atoms with van der Waals surface area (Å²) in [5.41, 5.74) is 1.08. The van der Waals surface area contributed by atoms with Crippen LogP contribution in [0.25, 0.3) is 0 Å². The predicted octanol–water partition coefficient (Wildman–Crippen LogP) is 1.89. The Morgan fingerprint density at radius 2 is 2.17 bits per heavy atom. The monoisotopic (exact) mass is 252 g/mol. The average molecular weight is 252 g/mol. The van der Waals surface area contributed by atoms with Crippen molar-refractivity contribution in [3.8, 4) is 0 Å². The minimum atomic E-state index is -0.139. The van der Waals surface area contributed by atoms with Crippen LogP contribution >= 0.6 is 0 Å². The smallest absolute Gasteiger partial charge is 0.123 e. The molecule has 0 bridgehead atoms. The van der Waals surface area contributed by atoms with Gasteiger partial charge in [-0.15, -0.1) is 0 Å². The van der Waals surface area contributed by atoms with Gasteiger partial charge in [-0.25, -0.2) is 4.39 Å². The molecule has 100 valence electrons. The molecule has 1 saturated carbocycles. The van der Waals surface area contributed by atoms with Crippen LogP contribution in [0.3, 0.4) is 0 Å². The normalized spacial score (nSPS) is 24.1. The van der Waals surface area contributed by atoms with Gasteiger partial charge in [-0.2, -0.15) is 0 Å². The molecule has 1 aromatic carbocycles. The fourth-order valence-electron chi connectivity index (χ4n) is 2.84. The highest BCUT2D eigenvalue weighted by atomic mass is 19.1. The van der Waals surface area contributed by atoms with E-state index < -0.39 is 0 Å². The van der Waals surface area contributed by atoms with Crippen LogP contribution < -0.4 is 5.32 Å². The van der Waals surface area contributed by atoms with Crippen LogP contribution in [0.5, 0.6) is 0 Å². The van der Waals surface area contributed by atoms with Crippen LogP contribution in [0.4, 0.5) is 4.39 Å². The molecule has 2 atom stereocenters. The standard InChI is InChI=1S/C15H22FNO/c1-18-15-8-3-2-7-14(15)17-10-9-12-5-4-6-13(16)11-12/h4-6,11,14-15,17H,2-3,7-10H2,1H3/p+1/t14-,15-/m1/s1. The highest BCUT2D eigenvalue weighted by Crippen LogP contribution is 2.18.